The first kappa shape index (κ1) is 20.0. The highest BCUT2D eigenvalue weighted by Crippen LogP contribution is 2.39. The zero-order chi connectivity index (χ0) is 18.2. The van der Waals surface area contributed by atoms with Crippen LogP contribution in [0.3, 0.4) is 0 Å². The van der Waals surface area contributed by atoms with Crippen LogP contribution in [0.1, 0.15) is 102 Å². The Morgan fingerprint density at radius 2 is 1.12 bits per heavy atom. The molecule has 0 amide bonds. The van der Waals surface area contributed by atoms with Crippen LogP contribution in [0.15, 0.2) is 24.3 Å². The average Bonchev–Trinajstić information content (AvgIpc) is 2.67. The summed E-state index contributed by atoms with van der Waals surface area (Å²) in [6.07, 6.45) is 20.3. The van der Waals surface area contributed by atoms with Crippen molar-refractivity contribution in [2.45, 2.75) is 104 Å². The number of hydrogen-bond acceptors (Lipinski definition) is 0. The van der Waals surface area contributed by atoms with E-state index in [4.69, 9.17) is 0 Å². The van der Waals surface area contributed by atoms with Crippen LogP contribution in [0.4, 0.5) is 0 Å². The van der Waals surface area contributed by atoms with Gasteiger partial charge >= 0.3 is 0 Å². The fourth-order valence-corrected chi connectivity index (χ4v) is 5.77. The molecule has 2 aliphatic carbocycles. The minimum atomic E-state index is 0.948. The van der Waals surface area contributed by atoms with Crippen LogP contribution in [0.5, 0.6) is 0 Å². The van der Waals surface area contributed by atoms with E-state index in [1.807, 2.05) is 0 Å². The van der Waals surface area contributed by atoms with Crippen LogP contribution >= 0.6 is 0 Å². The fourth-order valence-electron chi connectivity index (χ4n) is 5.77. The van der Waals surface area contributed by atoms with Gasteiger partial charge in [0.25, 0.3) is 0 Å². The molecule has 146 valence electrons. The molecular weight excluding hydrogens is 312 g/mol. The van der Waals surface area contributed by atoms with E-state index in [0.29, 0.717) is 0 Å². The summed E-state index contributed by atoms with van der Waals surface area (Å²) in [5.41, 5.74) is 3.08. The van der Waals surface area contributed by atoms with Gasteiger partial charge in [-0.1, -0.05) is 95.9 Å². The molecule has 1 aromatic rings. The first-order valence-corrected chi connectivity index (χ1v) is 11.8. The molecule has 0 heterocycles. The molecule has 0 aliphatic heterocycles. The fraction of sp³-hybridized carbons (Fsp3) is 0.769. The van der Waals surface area contributed by atoms with Crippen molar-refractivity contribution < 1.29 is 0 Å². The molecule has 0 heteroatoms. The number of hydrogen-bond donors (Lipinski definition) is 0. The second-order valence-corrected chi connectivity index (χ2v) is 9.57. The summed E-state index contributed by atoms with van der Waals surface area (Å²) >= 11 is 0. The number of rotatable bonds is 8. The third-order valence-corrected chi connectivity index (χ3v) is 7.38. The lowest BCUT2D eigenvalue weighted by atomic mass is 9.72. The minimum absolute atomic E-state index is 0.948. The van der Waals surface area contributed by atoms with Crippen LogP contribution < -0.4 is 0 Å². The van der Waals surface area contributed by atoms with Gasteiger partial charge in [0, 0.05) is 0 Å². The van der Waals surface area contributed by atoms with Crippen molar-refractivity contribution in [3.63, 3.8) is 0 Å². The third-order valence-electron chi connectivity index (χ3n) is 7.38. The Balaban J connectivity index is 1.35. The van der Waals surface area contributed by atoms with Crippen LogP contribution in [0.25, 0.3) is 0 Å². The molecule has 1 aromatic carbocycles. The lowest BCUT2D eigenvalue weighted by Crippen LogP contribution is -2.21. The van der Waals surface area contributed by atoms with Gasteiger partial charge in [-0.05, 0) is 66.9 Å². The predicted molar refractivity (Wildman–Crippen MR) is 115 cm³/mol. The summed E-state index contributed by atoms with van der Waals surface area (Å²) in [6.45, 7) is 4.62. The minimum Gasteiger partial charge on any atom is -0.0654 e. The predicted octanol–water partition coefficient (Wildman–Crippen LogP) is 7.98. The van der Waals surface area contributed by atoms with Gasteiger partial charge in [0.2, 0.25) is 0 Å². The van der Waals surface area contributed by atoms with Crippen LogP contribution in [0.2, 0.25) is 0 Å². The molecule has 0 radical (unpaired) electrons. The van der Waals surface area contributed by atoms with E-state index >= 15 is 0 Å². The van der Waals surface area contributed by atoms with Crippen molar-refractivity contribution in [3.8, 4) is 0 Å². The first-order chi connectivity index (χ1) is 12.8. The largest absolute Gasteiger partial charge is 0.0654 e. The molecule has 2 aliphatic rings. The molecule has 0 nitrogen and oxygen atoms in total. The van der Waals surface area contributed by atoms with Crippen molar-refractivity contribution >= 4 is 0 Å². The van der Waals surface area contributed by atoms with Crippen molar-refractivity contribution in [1.29, 1.82) is 0 Å². The maximum absolute atomic E-state index is 2.39. The summed E-state index contributed by atoms with van der Waals surface area (Å²) < 4.78 is 0. The molecule has 0 N–H and O–H groups in total. The Morgan fingerprint density at radius 3 is 1.65 bits per heavy atom. The van der Waals surface area contributed by atoms with Crippen molar-refractivity contribution in [1.82, 2.24) is 0 Å². The van der Waals surface area contributed by atoms with E-state index in [1.165, 1.54) is 89.0 Å². The van der Waals surface area contributed by atoms with E-state index < -0.39 is 0 Å². The van der Waals surface area contributed by atoms with Gasteiger partial charge in [-0.15, -0.1) is 0 Å². The highest BCUT2D eigenvalue weighted by atomic mass is 14.3. The highest BCUT2D eigenvalue weighted by Gasteiger charge is 2.26. The van der Waals surface area contributed by atoms with E-state index in [2.05, 4.69) is 38.1 Å². The normalized spacial score (nSPS) is 29.6. The van der Waals surface area contributed by atoms with Gasteiger partial charge in [-0.3, -0.25) is 0 Å². The maximum Gasteiger partial charge on any atom is -0.0250 e. The molecule has 0 saturated heterocycles. The van der Waals surface area contributed by atoms with Gasteiger partial charge in [-0.2, -0.15) is 0 Å². The SMILES string of the molecule is CCCc1ccc(C[C@H]2CC[C@H](C[C@H]3CC[C@H](CCC)CC3)CC2)cc1. The Hall–Kier alpha value is -0.780. The Kier molecular flexibility index (Phi) is 8.08. The summed E-state index contributed by atoms with van der Waals surface area (Å²) in [4.78, 5) is 0. The zero-order valence-corrected chi connectivity index (χ0v) is 17.5. The summed E-state index contributed by atoms with van der Waals surface area (Å²) in [7, 11) is 0. The number of aryl methyl sites for hydroxylation is 1. The van der Waals surface area contributed by atoms with E-state index in [-0.39, 0.29) is 0 Å². The Bertz CT molecular complexity index is 483. The van der Waals surface area contributed by atoms with Crippen molar-refractivity contribution in [2.24, 2.45) is 23.7 Å². The highest BCUT2D eigenvalue weighted by molar-refractivity contribution is 5.23. The lowest BCUT2D eigenvalue weighted by Gasteiger charge is -2.34. The van der Waals surface area contributed by atoms with E-state index in [1.54, 1.807) is 12.0 Å². The van der Waals surface area contributed by atoms with Crippen LogP contribution in [-0.4, -0.2) is 0 Å². The molecule has 0 bridgehead atoms. The van der Waals surface area contributed by atoms with Crippen molar-refractivity contribution in [2.75, 3.05) is 0 Å². The smallest absolute Gasteiger partial charge is 0.0250 e. The third kappa shape index (κ3) is 6.14. The van der Waals surface area contributed by atoms with E-state index in [9.17, 15) is 0 Å². The Morgan fingerprint density at radius 1 is 0.615 bits per heavy atom. The molecular formula is C26H42. The van der Waals surface area contributed by atoms with Gasteiger partial charge < -0.3 is 0 Å². The van der Waals surface area contributed by atoms with E-state index in [0.717, 1.165) is 23.7 Å². The first-order valence-electron chi connectivity index (χ1n) is 11.8. The van der Waals surface area contributed by atoms with Crippen LogP contribution in [-0.2, 0) is 12.8 Å². The summed E-state index contributed by atoms with van der Waals surface area (Å²) in [6, 6.07) is 9.51. The summed E-state index contributed by atoms with van der Waals surface area (Å²) in [5.74, 6) is 4.13. The quantitative estimate of drug-likeness (QED) is 0.444. The van der Waals surface area contributed by atoms with Gasteiger partial charge in [0.05, 0.1) is 0 Å². The molecule has 0 spiro atoms. The molecule has 0 aromatic heterocycles. The standard InChI is InChI=1S/C26H42/c1-3-5-21-7-11-23(12-8-21)19-25-15-17-26(18-16-25)20-24-13-9-22(6-4-2)10-14-24/h7-8,11-12,22,24-26H,3-6,9-10,13-20H2,1-2H3/t22-,24-,25-,26-. The maximum atomic E-state index is 2.39. The Labute approximate surface area is 163 Å². The van der Waals surface area contributed by atoms with Gasteiger partial charge in [0.1, 0.15) is 0 Å². The van der Waals surface area contributed by atoms with Gasteiger partial charge in [-0.25, -0.2) is 0 Å². The molecule has 2 saturated carbocycles. The summed E-state index contributed by atoms with van der Waals surface area (Å²) in [5, 5.41) is 0. The monoisotopic (exact) mass is 354 g/mol. The molecule has 26 heavy (non-hydrogen) atoms. The molecule has 0 atom stereocenters. The number of benzene rings is 1. The van der Waals surface area contributed by atoms with Crippen LogP contribution in [0, 0.1) is 23.7 Å². The van der Waals surface area contributed by atoms with Gasteiger partial charge in [0.15, 0.2) is 0 Å². The lowest BCUT2D eigenvalue weighted by molar-refractivity contribution is 0.187. The van der Waals surface area contributed by atoms with Crippen molar-refractivity contribution in [3.05, 3.63) is 35.4 Å². The molecule has 2 fully saturated rings. The molecule has 0 unspecified atom stereocenters. The molecule has 3 rings (SSSR count). The average molecular weight is 355 g/mol. The topological polar surface area (TPSA) is 0 Å². The second kappa shape index (κ2) is 10.5. The zero-order valence-electron chi connectivity index (χ0n) is 17.5. The second-order valence-electron chi connectivity index (χ2n) is 9.57.